The lowest BCUT2D eigenvalue weighted by molar-refractivity contribution is 0.0649. The topological polar surface area (TPSA) is 77.4 Å². The molecule has 2 saturated heterocycles. The molecule has 0 aromatic carbocycles. The summed E-state index contributed by atoms with van der Waals surface area (Å²) in [6, 6.07) is 5.42. The Bertz CT molecular complexity index is 712. The van der Waals surface area contributed by atoms with Gasteiger partial charge in [-0.2, -0.15) is 0 Å². The third-order valence-electron chi connectivity index (χ3n) is 4.73. The number of amides is 1. The highest BCUT2D eigenvalue weighted by atomic mass is 16.5. The minimum Gasteiger partial charge on any atom is -0.491 e. The summed E-state index contributed by atoms with van der Waals surface area (Å²) in [5, 5.41) is 0. The van der Waals surface area contributed by atoms with Crippen LogP contribution >= 0.6 is 0 Å². The fourth-order valence-electron chi connectivity index (χ4n) is 3.40. The molecule has 2 atom stereocenters. The fourth-order valence-corrected chi connectivity index (χ4v) is 3.40. The van der Waals surface area contributed by atoms with Crippen LogP contribution in [0.3, 0.4) is 0 Å². The van der Waals surface area contributed by atoms with E-state index < -0.39 is 0 Å². The maximum atomic E-state index is 12.6. The third-order valence-corrected chi connectivity index (χ3v) is 4.73. The van der Waals surface area contributed by atoms with Gasteiger partial charge in [0.05, 0.1) is 31.4 Å². The van der Waals surface area contributed by atoms with Crippen molar-refractivity contribution in [2.75, 3.05) is 32.9 Å². The van der Waals surface area contributed by atoms with Gasteiger partial charge in [-0.05, 0) is 18.2 Å². The average molecular weight is 326 g/mol. The molecule has 0 spiro atoms. The van der Waals surface area contributed by atoms with E-state index in [4.69, 9.17) is 9.47 Å². The fraction of sp³-hybridized carbons (Fsp3) is 0.412. The lowest BCUT2D eigenvalue weighted by atomic mass is 9.82. The Kier molecular flexibility index (Phi) is 3.86. The van der Waals surface area contributed by atoms with Crippen LogP contribution in [0.2, 0.25) is 0 Å². The molecule has 24 heavy (non-hydrogen) atoms. The molecule has 7 heteroatoms. The highest BCUT2D eigenvalue weighted by molar-refractivity contribution is 5.90. The second kappa shape index (κ2) is 6.16. The molecule has 0 N–H and O–H groups in total. The molecular weight excluding hydrogens is 308 g/mol. The number of carbonyl (C=O) groups excluding carboxylic acids is 1. The molecule has 2 fully saturated rings. The number of rotatable bonds is 4. The van der Waals surface area contributed by atoms with E-state index in [1.54, 1.807) is 30.9 Å². The number of fused-ring (bicyclic) bond motifs is 1. The quantitative estimate of drug-likeness (QED) is 0.835. The van der Waals surface area contributed by atoms with Crippen molar-refractivity contribution in [3.8, 4) is 5.75 Å². The summed E-state index contributed by atoms with van der Waals surface area (Å²) in [6.07, 6.45) is 6.57. The summed E-state index contributed by atoms with van der Waals surface area (Å²) < 4.78 is 11.6. The Morgan fingerprint density at radius 2 is 2.21 bits per heavy atom. The highest BCUT2D eigenvalue weighted by Crippen LogP contribution is 2.42. The monoisotopic (exact) mass is 326 g/mol. The van der Waals surface area contributed by atoms with Crippen molar-refractivity contribution in [2.24, 2.45) is 11.3 Å². The van der Waals surface area contributed by atoms with Gasteiger partial charge in [0, 0.05) is 37.6 Å². The summed E-state index contributed by atoms with van der Waals surface area (Å²) in [5.74, 6) is 1.10. The van der Waals surface area contributed by atoms with E-state index in [0.29, 0.717) is 32.9 Å². The Morgan fingerprint density at radius 1 is 1.33 bits per heavy atom. The van der Waals surface area contributed by atoms with Gasteiger partial charge in [-0.25, -0.2) is 9.97 Å². The molecule has 0 aliphatic carbocycles. The average Bonchev–Trinajstić information content (AvgIpc) is 3.18. The molecule has 2 aliphatic rings. The van der Waals surface area contributed by atoms with E-state index in [1.165, 1.54) is 0 Å². The third kappa shape index (κ3) is 2.71. The van der Waals surface area contributed by atoms with Crippen molar-refractivity contribution in [3.05, 3.63) is 48.8 Å². The molecule has 0 bridgehead atoms. The van der Waals surface area contributed by atoms with Gasteiger partial charge in [0.15, 0.2) is 0 Å². The molecule has 0 unspecified atom stereocenters. The molecule has 124 valence electrons. The van der Waals surface area contributed by atoms with Crippen LogP contribution in [0.5, 0.6) is 5.75 Å². The van der Waals surface area contributed by atoms with Gasteiger partial charge < -0.3 is 14.4 Å². The number of ether oxygens (including phenoxy) is 2. The molecule has 4 heterocycles. The number of pyridine rings is 1. The van der Waals surface area contributed by atoms with Crippen LogP contribution in [0.4, 0.5) is 0 Å². The van der Waals surface area contributed by atoms with Gasteiger partial charge in [0.2, 0.25) is 5.82 Å². The molecule has 0 saturated carbocycles. The van der Waals surface area contributed by atoms with E-state index >= 15 is 0 Å². The maximum Gasteiger partial charge on any atom is 0.291 e. The Balaban J connectivity index is 1.48. The van der Waals surface area contributed by atoms with Crippen molar-refractivity contribution in [1.82, 2.24) is 19.9 Å². The molecule has 1 amide bonds. The van der Waals surface area contributed by atoms with Crippen LogP contribution < -0.4 is 4.74 Å². The zero-order valence-electron chi connectivity index (χ0n) is 13.2. The summed E-state index contributed by atoms with van der Waals surface area (Å²) >= 11 is 0. The first-order valence-corrected chi connectivity index (χ1v) is 7.94. The van der Waals surface area contributed by atoms with Crippen LogP contribution in [-0.4, -0.2) is 58.7 Å². The van der Waals surface area contributed by atoms with Gasteiger partial charge in [-0.15, -0.1) is 0 Å². The van der Waals surface area contributed by atoms with Crippen LogP contribution in [0.25, 0.3) is 0 Å². The molecule has 4 rings (SSSR count). The van der Waals surface area contributed by atoms with Crippen molar-refractivity contribution in [3.63, 3.8) is 0 Å². The number of carbonyl (C=O) groups is 1. The SMILES string of the molecule is O=C(c1ncccn1)N1C[C@@H]2COC[C@]2(COc2cccnc2)C1. The van der Waals surface area contributed by atoms with Crippen LogP contribution in [0.15, 0.2) is 43.0 Å². The number of likely N-dealkylation sites (tertiary alicyclic amines) is 1. The predicted octanol–water partition coefficient (Wildman–Crippen LogP) is 1.04. The van der Waals surface area contributed by atoms with Crippen LogP contribution in [0, 0.1) is 11.3 Å². The standard InChI is InChI=1S/C17H18N4O3/c22-16(15-19-5-2-6-20-15)21-8-13-9-23-11-17(13,10-21)12-24-14-3-1-4-18-7-14/h1-7,13H,8-12H2/t13-,17+/m1/s1. The van der Waals surface area contributed by atoms with Gasteiger partial charge in [-0.3, -0.25) is 9.78 Å². The highest BCUT2D eigenvalue weighted by Gasteiger charge is 2.52. The molecule has 2 aromatic heterocycles. The summed E-state index contributed by atoms with van der Waals surface area (Å²) in [6.45, 7) is 2.98. The maximum absolute atomic E-state index is 12.6. The lowest BCUT2D eigenvalue weighted by Gasteiger charge is -2.26. The van der Waals surface area contributed by atoms with Gasteiger partial charge >= 0.3 is 0 Å². The van der Waals surface area contributed by atoms with E-state index in [2.05, 4.69) is 15.0 Å². The number of nitrogens with zero attached hydrogens (tertiary/aromatic N) is 4. The number of aromatic nitrogens is 3. The minimum atomic E-state index is -0.180. The Labute approximate surface area is 139 Å². The first kappa shape index (κ1) is 15.0. The smallest absolute Gasteiger partial charge is 0.291 e. The largest absolute Gasteiger partial charge is 0.491 e. The van der Waals surface area contributed by atoms with E-state index in [0.717, 1.165) is 5.75 Å². The molecular formula is C17H18N4O3. The van der Waals surface area contributed by atoms with Crippen LogP contribution in [-0.2, 0) is 4.74 Å². The summed E-state index contributed by atoms with van der Waals surface area (Å²) in [7, 11) is 0. The Hall–Kier alpha value is -2.54. The second-order valence-electron chi connectivity index (χ2n) is 6.31. The first-order chi connectivity index (χ1) is 11.8. The zero-order chi connectivity index (χ0) is 16.4. The predicted molar refractivity (Wildman–Crippen MR) is 84.4 cm³/mol. The van der Waals surface area contributed by atoms with Crippen molar-refractivity contribution in [2.45, 2.75) is 0 Å². The minimum absolute atomic E-state index is 0.134. The van der Waals surface area contributed by atoms with Gasteiger partial charge in [0.25, 0.3) is 5.91 Å². The normalized spacial score (nSPS) is 25.5. The molecule has 2 aromatic rings. The van der Waals surface area contributed by atoms with E-state index in [-0.39, 0.29) is 23.1 Å². The van der Waals surface area contributed by atoms with Crippen molar-refractivity contribution >= 4 is 5.91 Å². The lowest BCUT2D eigenvalue weighted by Crippen LogP contribution is -2.38. The molecule has 0 radical (unpaired) electrons. The van der Waals surface area contributed by atoms with Crippen molar-refractivity contribution in [1.29, 1.82) is 0 Å². The summed E-state index contributed by atoms with van der Waals surface area (Å²) in [5.41, 5.74) is -0.180. The molecule has 2 aliphatic heterocycles. The molecule has 7 nitrogen and oxygen atoms in total. The Morgan fingerprint density at radius 3 is 3.00 bits per heavy atom. The second-order valence-corrected chi connectivity index (χ2v) is 6.31. The number of hydrogen-bond acceptors (Lipinski definition) is 6. The van der Waals surface area contributed by atoms with Gasteiger partial charge in [0.1, 0.15) is 5.75 Å². The first-order valence-electron chi connectivity index (χ1n) is 7.94. The zero-order valence-corrected chi connectivity index (χ0v) is 13.2. The summed E-state index contributed by atoms with van der Waals surface area (Å²) in [4.78, 5) is 26.6. The van der Waals surface area contributed by atoms with Gasteiger partial charge in [-0.1, -0.05) is 0 Å². The van der Waals surface area contributed by atoms with Crippen molar-refractivity contribution < 1.29 is 14.3 Å². The van der Waals surface area contributed by atoms with E-state index in [9.17, 15) is 4.79 Å². The van der Waals surface area contributed by atoms with Crippen LogP contribution in [0.1, 0.15) is 10.6 Å². The van der Waals surface area contributed by atoms with E-state index in [1.807, 2.05) is 17.0 Å². The number of hydrogen-bond donors (Lipinski definition) is 0.